The Morgan fingerprint density at radius 1 is 0.195 bits per heavy atom. The molecule has 1 atom stereocenters. The first-order chi connectivity index (χ1) is 40.5. The van der Waals surface area contributed by atoms with Crippen LogP contribution in [0.2, 0.25) is 0 Å². The van der Waals surface area contributed by atoms with Gasteiger partial charge in [0.05, 0.1) is 0 Å². The summed E-state index contributed by atoms with van der Waals surface area (Å²) in [5.74, 6) is -0.815. The molecule has 0 radical (unpaired) electrons. The van der Waals surface area contributed by atoms with Gasteiger partial charge in [-0.25, -0.2) is 0 Å². The fraction of sp³-hybridized carbons (Fsp3) is 0.961. The van der Waals surface area contributed by atoms with Crippen LogP contribution in [0, 0.1) is 0 Å². The van der Waals surface area contributed by atoms with Gasteiger partial charge in [0.2, 0.25) is 0 Å². The predicted molar refractivity (Wildman–Crippen MR) is 358 cm³/mol. The fourth-order valence-corrected chi connectivity index (χ4v) is 12.2. The third kappa shape index (κ3) is 69.2. The second kappa shape index (κ2) is 71.9. The number of carbonyl (C=O) groups is 3. The third-order valence-corrected chi connectivity index (χ3v) is 17.9. The van der Waals surface area contributed by atoms with Crippen molar-refractivity contribution in [3.8, 4) is 0 Å². The molecule has 0 N–H and O–H groups in total. The van der Waals surface area contributed by atoms with Crippen LogP contribution in [0.4, 0.5) is 0 Å². The molecule has 82 heavy (non-hydrogen) atoms. The first kappa shape index (κ1) is 80.4. The average Bonchev–Trinajstić information content (AvgIpc) is 3.47. The highest BCUT2D eigenvalue weighted by Gasteiger charge is 2.20. The lowest BCUT2D eigenvalue weighted by Gasteiger charge is -2.18. The summed E-state index contributed by atoms with van der Waals surface area (Å²) in [5.41, 5.74) is 0. The highest BCUT2D eigenvalue weighted by molar-refractivity contribution is 5.71. The smallest absolute Gasteiger partial charge is 0.306 e. The van der Waals surface area contributed by atoms with Crippen LogP contribution in [-0.2, 0) is 28.6 Å². The van der Waals surface area contributed by atoms with Gasteiger partial charge in [0.25, 0.3) is 0 Å². The molecule has 0 bridgehead atoms. The van der Waals surface area contributed by atoms with Crippen LogP contribution in [0.3, 0.4) is 0 Å². The third-order valence-electron chi connectivity index (χ3n) is 17.9. The van der Waals surface area contributed by atoms with Crippen LogP contribution < -0.4 is 0 Å². The van der Waals surface area contributed by atoms with Gasteiger partial charge in [-0.2, -0.15) is 0 Å². The minimum Gasteiger partial charge on any atom is -0.462 e. The SMILES string of the molecule is CCCCCCCCCCCCCCCCCCCCCCCCCCCCC(=O)OCC(COC(=O)CCCCCCCCCCCCCCCCC)OC(=O)CCCCCCCCCCCCCCCCCCCCCCCCC. The van der Waals surface area contributed by atoms with Crippen molar-refractivity contribution >= 4 is 17.9 Å². The highest BCUT2D eigenvalue weighted by atomic mass is 16.6. The number of carbonyl (C=O) groups excluding carboxylic acids is 3. The summed E-state index contributed by atoms with van der Waals surface area (Å²) in [5, 5.41) is 0. The molecule has 0 saturated heterocycles. The normalized spacial score (nSPS) is 11.9. The second-order valence-electron chi connectivity index (χ2n) is 26.3. The zero-order chi connectivity index (χ0) is 59.2. The molecule has 6 heteroatoms. The zero-order valence-corrected chi connectivity index (χ0v) is 56.3. The van der Waals surface area contributed by atoms with Gasteiger partial charge in [-0.15, -0.1) is 0 Å². The number of hydrogen-bond donors (Lipinski definition) is 0. The van der Waals surface area contributed by atoms with Crippen molar-refractivity contribution in [2.75, 3.05) is 13.2 Å². The molecular weight excluding hydrogens is 1010 g/mol. The molecule has 1 unspecified atom stereocenters. The summed E-state index contributed by atoms with van der Waals surface area (Å²) in [7, 11) is 0. The Morgan fingerprint density at radius 2 is 0.329 bits per heavy atom. The lowest BCUT2D eigenvalue weighted by atomic mass is 10.0. The summed E-state index contributed by atoms with van der Waals surface area (Å²) < 4.78 is 17.1. The van der Waals surface area contributed by atoms with E-state index < -0.39 is 6.10 Å². The summed E-state index contributed by atoms with van der Waals surface area (Å²) in [4.78, 5) is 38.5. The summed E-state index contributed by atoms with van der Waals surface area (Å²) in [6.07, 6.45) is 85.8. The number of ether oxygens (including phenoxy) is 3. The molecule has 0 aliphatic carbocycles. The summed E-state index contributed by atoms with van der Waals surface area (Å²) in [6, 6.07) is 0. The lowest BCUT2D eigenvalue weighted by molar-refractivity contribution is -0.167. The van der Waals surface area contributed by atoms with Crippen LogP contribution in [0.25, 0.3) is 0 Å². The lowest BCUT2D eigenvalue weighted by Crippen LogP contribution is -2.30. The molecule has 0 saturated carbocycles. The number of unbranched alkanes of at least 4 members (excludes halogenated alkanes) is 61. The fourth-order valence-electron chi connectivity index (χ4n) is 12.2. The molecule has 0 rings (SSSR count). The van der Waals surface area contributed by atoms with Gasteiger partial charge in [-0.05, 0) is 19.3 Å². The largest absolute Gasteiger partial charge is 0.462 e. The first-order valence-electron chi connectivity index (χ1n) is 38.0. The van der Waals surface area contributed by atoms with E-state index in [4.69, 9.17) is 14.2 Å². The topological polar surface area (TPSA) is 78.9 Å². The molecule has 488 valence electrons. The number of hydrogen-bond acceptors (Lipinski definition) is 6. The van der Waals surface area contributed by atoms with E-state index >= 15 is 0 Å². The molecule has 0 spiro atoms. The molecule has 0 fully saturated rings. The molecule has 0 aliphatic rings. The van der Waals surface area contributed by atoms with Crippen LogP contribution >= 0.6 is 0 Å². The van der Waals surface area contributed by atoms with Gasteiger partial charge >= 0.3 is 17.9 Å². The van der Waals surface area contributed by atoms with Gasteiger partial charge in [-0.1, -0.05) is 412 Å². The monoisotopic (exact) mass is 1160 g/mol. The molecule has 0 aliphatic heterocycles. The standard InChI is InChI=1S/C76H148O6/c1-4-7-10-13-16-19-22-25-28-30-32-34-36-37-38-40-41-43-45-48-51-54-57-60-63-66-69-75(78)81-72-73(71-80-74(77)68-65-62-59-56-53-50-47-27-24-21-18-15-12-9-6-3)82-76(79)70-67-64-61-58-55-52-49-46-44-42-39-35-33-31-29-26-23-20-17-14-11-8-5-2/h73H,4-72H2,1-3H3. The van der Waals surface area contributed by atoms with E-state index in [1.165, 1.54) is 353 Å². The maximum absolute atomic E-state index is 13.0. The predicted octanol–water partition coefficient (Wildman–Crippen LogP) is 26.2. The van der Waals surface area contributed by atoms with Gasteiger partial charge < -0.3 is 14.2 Å². The van der Waals surface area contributed by atoms with Crippen molar-refractivity contribution in [1.82, 2.24) is 0 Å². The Hall–Kier alpha value is -1.59. The van der Waals surface area contributed by atoms with Crippen molar-refractivity contribution in [2.45, 2.75) is 457 Å². The molecule has 0 aromatic heterocycles. The van der Waals surface area contributed by atoms with Crippen LogP contribution in [-0.4, -0.2) is 37.2 Å². The maximum Gasteiger partial charge on any atom is 0.306 e. The van der Waals surface area contributed by atoms with Crippen molar-refractivity contribution in [3.05, 3.63) is 0 Å². The average molecular weight is 1160 g/mol. The molecule has 6 nitrogen and oxygen atoms in total. The van der Waals surface area contributed by atoms with E-state index in [0.29, 0.717) is 19.3 Å². The first-order valence-corrected chi connectivity index (χ1v) is 38.0. The summed E-state index contributed by atoms with van der Waals surface area (Å²) >= 11 is 0. The number of esters is 3. The van der Waals surface area contributed by atoms with Crippen molar-refractivity contribution < 1.29 is 28.6 Å². The Labute approximate surface area is 514 Å². The maximum atomic E-state index is 13.0. The minimum absolute atomic E-state index is 0.0598. The van der Waals surface area contributed by atoms with Crippen molar-refractivity contribution in [3.63, 3.8) is 0 Å². The van der Waals surface area contributed by atoms with Crippen LogP contribution in [0.1, 0.15) is 451 Å². The molecule has 0 aromatic carbocycles. The Bertz CT molecular complexity index is 1240. The molecule has 0 amide bonds. The Kier molecular flexibility index (Phi) is 70.5. The van der Waals surface area contributed by atoms with Gasteiger partial charge in [0.1, 0.15) is 13.2 Å². The minimum atomic E-state index is -0.764. The van der Waals surface area contributed by atoms with Crippen molar-refractivity contribution in [1.29, 1.82) is 0 Å². The van der Waals surface area contributed by atoms with Crippen LogP contribution in [0.15, 0.2) is 0 Å². The van der Waals surface area contributed by atoms with E-state index in [1.54, 1.807) is 0 Å². The van der Waals surface area contributed by atoms with Gasteiger partial charge in [-0.3, -0.25) is 14.4 Å². The Balaban J connectivity index is 4.20. The highest BCUT2D eigenvalue weighted by Crippen LogP contribution is 2.20. The quantitative estimate of drug-likeness (QED) is 0.0343. The van der Waals surface area contributed by atoms with Gasteiger partial charge in [0, 0.05) is 19.3 Å². The van der Waals surface area contributed by atoms with E-state index in [1.807, 2.05) is 0 Å². The van der Waals surface area contributed by atoms with Crippen LogP contribution in [0.5, 0.6) is 0 Å². The van der Waals surface area contributed by atoms with E-state index in [0.717, 1.165) is 57.8 Å². The second-order valence-corrected chi connectivity index (χ2v) is 26.3. The van der Waals surface area contributed by atoms with Crippen molar-refractivity contribution in [2.24, 2.45) is 0 Å². The Morgan fingerprint density at radius 3 is 0.488 bits per heavy atom. The zero-order valence-electron chi connectivity index (χ0n) is 56.3. The van der Waals surface area contributed by atoms with E-state index in [9.17, 15) is 14.4 Å². The summed E-state index contributed by atoms with van der Waals surface area (Å²) in [6.45, 7) is 6.76. The molecular formula is C76H148O6. The van der Waals surface area contributed by atoms with Gasteiger partial charge in [0.15, 0.2) is 6.10 Å². The van der Waals surface area contributed by atoms with E-state index in [2.05, 4.69) is 20.8 Å². The molecule has 0 aromatic rings. The number of rotatable bonds is 72. The van der Waals surface area contributed by atoms with E-state index in [-0.39, 0.29) is 31.1 Å². The molecule has 0 heterocycles.